The molecule has 2 fully saturated rings. The van der Waals surface area contributed by atoms with Gasteiger partial charge in [-0.15, -0.1) is 0 Å². The van der Waals surface area contributed by atoms with Gasteiger partial charge in [0.1, 0.15) is 17.6 Å². The summed E-state index contributed by atoms with van der Waals surface area (Å²) in [6.07, 6.45) is 2.33. The number of anilines is 1. The molecule has 1 saturated carbocycles. The largest absolute Gasteiger partial charge is 0.370 e. The van der Waals surface area contributed by atoms with E-state index < -0.39 is 35.1 Å². The smallest absolute Gasteiger partial charge is 0.331 e. The fraction of sp³-hybridized carbons (Fsp3) is 0.444. The first-order chi connectivity index (χ1) is 19.6. The van der Waals surface area contributed by atoms with Crippen molar-refractivity contribution < 1.29 is 18.7 Å². The van der Waals surface area contributed by atoms with Gasteiger partial charge in [-0.1, -0.05) is 11.6 Å². The Labute approximate surface area is 239 Å². The van der Waals surface area contributed by atoms with Gasteiger partial charge in [-0.2, -0.15) is 5.26 Å². The number of halogens is 2. The zero-order valence-corrected chi connectivity index (χ0v) is 23.3. The summed E-state index contributed by atoms with van der Waals surface area (Å²) >= 11 is 6.02. The summed E-state index contributed by atoms with van der Waals surface area (Å²) < 4.78 is 23.4. The maximum atomic E-state index is 15.2. The average Bonchev–Trinajstić information content (AvgIpc) is 3.76. The molecular weight excluding hydrogens is 557 g/mol. The molecular formula is C27H29ClFN7O5. The summed E-state index contributed by atoms with van der Waals surface area (Å²) in [5.41, 5.74) is -0.458. The number of carbonyl (C=O) groups excluding carboxylic acids is 2. The number of allylic oxidation sites excluding steroid dienone is 3. The molecule has 14 heteroatoms. The summed E-state index contributed by atoms with van der Waals surface area (Å²) in [6.45, 7) is 4.14. The highest BCUT2D eigenvalue weighted by Gasteiger charge is 2.31. The fourth-order valence-electron chi connectivity index (χ4n) is 4.86. The molecule has 216 valence electrons. The minimum atomic E-state index is -1.01. The number of fused-ring (bicyclic) bond motifs is 1. The Hall–Kier alpha value is -4.15. The van der Waals surface area contributed by atoms with Crippen LogP contribution in [0.2, 0.25) is 0 Å². The molecule has 3 amide bonds. The molecule has 1 aliphatic carbocycles. The highest BCUT2D eigenvalue weighted by molar-refractivity contribution is 6.32. The van der Waals surface area contributed by atoms with Gasteiger partial charge in [0, 0.05) is 30.9 Å². The van der Waals surface area contributed by atoms with E-state index in [0.717, 1.165) is 18.9 Å². The van der Waals surface area contributed by atoms with Crippen LogP contribution in [0.1, 0.15) is 32.7 Å². The van der Waals surface area contributed by atoms with Crippen molar-refractivity contribution in [1.29, 1.82) is 5.26 Å². The van der Waals surface area contributed by atoms with E-state index in [1.165, 1.54) is 26.2 Å². The quantitative estimate of drug-likeness (QED) is 0.470. The zero-order chi connectivity index (χ0) is 29.4. The predicted octanol–water partition coefficient (Wildman–Crippen LogP) is 2.10. The average molecular weight is 586 g/mol. The van der Waals surface area contributed by atoms with Crippen LogP contribution < -0.4 is 27.2 Å². The molecule has 5 rings (SSSR count). The van der Waals surface area contributed by atoms with Crippen molar-refractivity contribution in [3.63, 3.8) is 0 Å². The number of nitrogens with zero attached hydrogens (tertiary/aromatic N) is 4. The number of urea groups is 1. The number of morpholine rings is 1. The first-order valence-corrected chi connectivity index (χ1v) is 13.7. The molecule has 41 heavy (non-hydrogen) atoms. The molecule has 1 aromatic heterocycles. The molecule has 3 heterocycles. The minimum absolute atomic E-state index is 0.0643. The van der Waals surface area contributed by atoms with Gasteiger partial charge in [-0.3, -0.25) is 18.7 Å². The van der Waals surface area contributed by atoms with Crippen molar-refractivity contribution in [3.8, 4) is 6.07 Å². The molecule has 0 bridgehead atoms. The molecule has 2 aliphatic heterocycles. The van der Waals surface area contributed by atoms with Crippen LogP contribution in [0.5, 0.6) is 0 Å². The van der Waals surface area contributed by atoms with Gasteiger partial charge in [-0.25, -0.2) is 14.0 Å². The molecule has 2 aromatic rings. The number of rotatable bonds is 6. The maximum absolute atomic E-state index is 15.2. The number of nitrogens with one attached hydrogen (secondary N) is 3. The zero-order valence-electron chi connectivity index (χ0n) is 22.5. The van der Waals surface area contributed by atoms with Gasteiger partial charge >= 0.3 is 11.7 Å². The lowest BCUT2D eigenvalue weighted by Gasteiger charge is -2.32. The van der Waals surface area contributed by atoms with Crippen molar-refractivity contribution >= 4 is 40.1 Å². The third-order valence-corrected chi connectivity index (χ3v) is 7.49. The fourth-order valence-corrected chi connectivity index (χ4v) is 5.10. The SMILES string of the molecule is CC(C)n1c(=O)n(CC2CC2)c(=O)c2cc(NC(=O)N3CCO[C@@H](C(=O)NC4=CC(Cl)=C(C#N)NC4)C3)c(F)cc21. The molecule has 3 N–H and O–H groups in total. The van der Waals surface area contributed by atoms with E-state index in [1.807, 2.05) is 6.07 Å². The predicted molar refractivity (Wildman–Crippen MR) is 149 cm³/mol. The highest BCUT2D eigenvalue weighted by Crippen LogP contribution is 2.30. The van der Waals surface area contributed by atoms with Gasteiger partial charge in [0.25, 0.3) is 11.5 Å². The van der Waals surface area contributed by atoms with Crippen LogP contribution in [-0.4, -0.2) is 58.3 Å². The second-order valence-corrected chi connectivity index (χ2v) is 10.9. The van der Waals surface area contributed by atoms with Crippen LogP contribution in [0.25, 0.3) is 10.9 Å². The Morgan fingerprint density at radius 3 is 2.68 bits per heavy atom. The van der Waals surface area contributed by atoms with Gasteiger partial charge in [0.2, 0.25) is 0 Å². The van der Waals surface area contributed by atoms with Crippen molar-refractivity contribution in [2.45, 2.75) is 45.4 Å². The molecule has 1 aromatic carbocycles. The van der Waals surface area contributed by atoms with Gasteiger partial charge in [0.15, 0.2) is 6.10 Å². The number of ether oxygens (including phenoxy) is 1. The first-order valence-electron chi connectivity index (χ1n) is 13.3. The number of nitriles is 1. The van der Waals surface area contributed by atoms with E-state index in [-0.39, 0.29) is 65.5 Å². The van der Waals surface area contributed by atoms with Crippen LogP contribution in [0.15, 0.2) is 44.2 Å². The Bertz CT molecular complexity index is 1650. The summed E-state index contributed by atoms with van der Waals surface area (Å²) in [5, 5.41) is 17.3. The molecule has 0 unspecified atom stereocenters. The standard InChI is InChI=1S/C27H29ClFN7O5/c1-14(2)36-22-9-19(29)20(8-17(22)25(38)35(27(36)40)12-15-3-4-15)33-26(39)34-5-6-41-23(13-34)24(37)32-16-7-18(28)21(10-30)31-11-16/h7-9,14-15,23,31H,3-6,11-13H2,1-2H3,(H,32,37)(H,33,39)/t23-/m1/s1. The Morgan fingerprint density at radius 2 is 2.02 bits per heavy atom. The van der Waals surface area contributed by atoms with Crippen molar-refractivity contribution in [2.75, 3.05) is 31.6 Å². The number of hydrogen-bond donors (Lipinski definition) is 3. The van der Waals surface area contributed by atoms with Crippen molar-refractivity contribution in [1.82, 2.24) is 24.7 Å². The third-order valence-electron chi connectivity index (χ3n) is 7.19. The normalized spacial score (nSPS) is 19.1. The summed E-state index contributed by atoms with van der Waals surface area (Å²) in [6, 6.07) is 3.26. The van der Waals surface area contributed by atoms with E-state index in [4.69, 9.17) is 21.6 Å². The molecule has 1 saturated heterocycles. The van der Waals surface area contributed by atoms with Gasteiger partial charge in [-0.05, 0) is 44.7 Å². The van der Waals surface area contributed by atoms with Gasteiger partial charge in [0.05, 0.1) is 41.3 Å². The van der Waals surface area contributed by atoms with Gasteiger partial charge < -0.3 is 25.6 Å². The number of dihydropyridines is 1. The van der Waals surface area contributed by atoms with E-state index in [0.29, 0.717) is 12.2 Å². The van der Waals surface area contributed by atoms with Crippen LogP contribution in [0.3, 0.4) is 0 Å². The second-order valence-electron chi connectivity index (χ2n) is 10.5. The Morgan fingerprint density at radius 1 is 1.27 bits per heavy atom. The van der Waals surface area contributed by atoms with Crippen LogP contribution in [-0.2, 0) is 16.1 Å². The number of carbonyl (C=O) groups is 2. The lowest BCUT2D eigenvalue weighted by molar-refractivity contribution is -0.136. The lowest BCUT2D eigenvalue weighted by atomic mass is 10.2. The highest BCUT2D eigenvalue weighted by atomic mass is 35.5. The number of aromatic nitrogens is 2. The van der Waals surface area contributed by atoms with Crippen molar-refractivity contribution in [3.05, 3.63) is 61.3 Å². The van der Waals surface area contributed by atoms with E-state index in [9.17, 15) is 19.2 Å². The maximum Gasteiger partial charge on any atom is 0.331 e. The van der Waals surface area contributed by atoms with Crippen LogP contribution >= 0.6 is 11.6 Å². The second kappa shape index (κ2) is 11.4. The summed E-state index contributed by atoms with van der Waals surface area (Å²) in [4.78, 5) is 53.6. The molecule has 1 atom stereocenters. The monoisotopic (exact) mass is 585 g/mol. The van der Waals surface area contributed by atoms with E-state index >= 15 is 4.39 Å². The Balaban J connectivity index is 1.34. The molecule has 12 nitrogen and oxygen atoms in total. The number of hydrogen-bond acceptors (Lipinski definition) is 7. The molecule has 3 aliphatic rings. The van der Waals surface area contributed by atoms with Crippen molar-refractivity contribution in [2.24, 2.45) is 5.92 Å². The lowest BCUT2D eigenvalue weighted by Crippen LogP contribution is -2.53. The first kappa shape index (κ1) is 28.4. The number of benzene rings is 1. The summed E-state index contributed by atoms with van der Waals surface area (Å²) in [5.74, 6) is -1.06. The third kappa shape index (κ3) is 5.84. The van der Waals surface area contributed by atoms with Crippen LogP contribution in [0, 0.1) is 23.1 Å². The van der Waals surface area contributed by atoms with Crippen LogP contribution in [0.4, 0.5) is 14.9 Å². The van der Waals surface area contributed by atoms with E-state index in [1.54, 1.807) is 13.8 Å². The molecule has 0 spiro atoms. The number of amides is 3. The van der Waals surface area contributed by atoms with E-state index in [2.05, 4.69) is 16.0 Å². The summed E-state index contributed by atoms with van der Waals surface area (Å²) in [7, 11) is 0. The Kier molecular flexibility index (Phi) is 7.88. The minimum Gasteiger partial charge on any atom is -0.370 e. The molecule has 0 radical (unpaired) electrons. The topological polar surface area (TPSA) is 150 Å².